The zero-order valence-electron chi connectivity index (χ0n) is 10.5. The van der Waals surface area contributed by atoms with E-state index in [0.717, 1.165) is 12.0 Å². The van der Waals surface area contributed by atoms with Crippen molar-refractivity contribution < 1.29 is 9.59 Å². The molecular formula is C14H19NO2. The maximum Gasteiger partial charge on any atom is 0.234 e. The fourth-order valence-electron chi connectivity index (χ4n) is 1.80. The van der Waals surface area contributed by atoms with E-state index in [1.54, 1.807) is 0 Å². The number of rotatable bonds is 4. The first-order chi connectivity index (χ1) is 8.08. The third-order valence-electron chi connectivity index (χ3n) is 2.98. The monoisotopic (exact) mass is 233 g/mol. The van der Waals surface area contributed by atoms with Gasteiger partial charge in [-0.15, -0.1) is 0 Å². The van der Waals surface area contributed by atoms with E-state index in [1.165, 1.54) is 5.57 Å². The summed E-state index contributed by atoms with van der Waals surface area (Å²) in [5, 5.41) is 2.34. The third-order valence-corrected chi connectivity index (χ3v) is 2.98. The van der Waals surface area contributed by atoms with E-state index in [4.69, 9.17) is 0 Å². The molecule has 1 rings (SSSR count). The lowest BCUT2D eigenvalue weighted by Crippen LogP contribution is -2.41. The molecule has 1 unspecified atom stereocenters. The quantitative estimate of drug-likeness (QED) is 0.599. The predicted molar refractivity (Wildman–Crippen MR) is 68.2 cm³/mol. The molecular weight excluding hydrogens is 214 g/mol. The highest BCUT2D eigenvalue weighted by Crippen LogP contribution is 2.21. The average molecular weight is 233 g/mol. The smallest absolute Gasteiger partial charge is 0.234 e. The van der Waals surface area contributed by atoms with Gasteiger partial charge in [0, 0.05) is 6.42 Å². The molecule has 0 aromatic carbocycles. The molecule has 0 bridgehead atoms. The van der Waals surface area contributed by atoms with Crippen LogP contribution in [0.15, 0.2) is 36.0 Å². The number of allylic oxidation sites excluding steroid dienone is 4. The standard InChI is InChI=1S/C14H19NO2/c1-4-11(5-2)7-6-10(3)12-8-9-13(16)15-14(12)17/h4,6-7,12H,3,5,8-9H2,1-2H3,(H,15,16,17)/b7-6-,11-4-. The Morgan fingerprint density at radius 2 is 2.18 bits per heavy atom. The highest BCUT2D eigenvalue weighted by molar-refractivity contribution is 6.00. The minimum atomic E-state index is -0.265. The Bertz CT molecular complexity index is 391. The van der Waals surface area contributed by atoms with E-state index in [-0.39, 0.29) is 17.7 Å². The van der Waals surface area contributed by atoms with Crippen LogP contribution in [0.1, 0.15) is 33.1 Å². The maximum atomic E-state index is 11.6. The number of nitrogens with one attached hydrogen (secondary N) is 1. The zero-order valence-corrected chi connectivity index (χ0v) is 10.5. The van der Waals surface area contributed by atoms with E-state index >= 15 is 0 Å². The molecule has 1 N–H and O–H groups in total. The predicted octanol–water partition coefficient (Wildman–Crippen LogP) is 2.51. The first-order valence-corrected chi connectivity index (χ1v) is 5.94. The van der Waals surface area contributed by atoms with Gasteiger partial charge in [-0.1, -0.05) is 37.3 Å². The van der Waals surface area contributed by atoms with Crippen LogP contribution in [-0.4, -0.2) is 11.8 Å². The van der Waals surface area contributed by atoms with Crippen LogP contribution in [0.3, 0.4) is 0 Å². The van der Waals surface area contributed by atoms with Crippen molar-refractivity contribution >= 4 is 11.8 Å². The van der Waals surface area contributed by atoms with E-state index in [0.29, 0.717) is 12.8 Å². The maximum absolute atomic E-state index is 11.6. The molecule has 3 nitrogen and oxygen atoms in total. The lowest BCUT2D eigenvalue weighted by molar-refractivity contribution is -0.135. The molecule has 1 fully saturated rings. The van der Waals surface area contributed by atoms with E-state index in [9.17, 15) is 9.59 Å². The number of imide groups is 1. The zero-order chi connectivity index (χ0) is 12.8. The third kappa shape index (κ3) is 3.70. The van der Waals surface area contributed by atoms with Crippen LogP contribution in [0, 0.1) is 5.92 Å². The summed E-state index contributed by atoms with van der Waals surface area (Å²) >= 11 is 0. The molecule has 1 heterocycles. The van der Waals surface area contributed by atoms with Crippen LogP contribution in [0.25, 0.3) is 0 Å². The van der Waals surface area contributed by atoms with Gasteiger partial charge in [-0.3, -0.25) is 14.9 Å². The summed E-state index contributed by atoms with van der Waals surface area (Å²) in [6, 6.07) is 0. The van der Waals surface area contributed by atoms with Crippen LogP contribution in [0.4, 0.5) is 0 Å². The van der Waals surface area contributed by atoms with Gasteiger partial charge in [-0.25, -0.2) is 0 Å². The highest BCUT2D eigenvalue weighted by Gasteiger charge is 2.27. The number of hydrogen-bond acceptors (Lipinski definition) is 2. The molecule has 0 saturated carbocycles. The molecule has 1 saturated heterocycles. The van der Waals surface area contributed by atoms with Crippen LogP contribution in [0.5, 0.6) is 0 Å². The lowest BCUT2D eigenvalue weighted by Gasteiger charge is -2.21. The van der Waals surface area contributed by atoms with Crippen LogP contribution < -0.4 is 5.32 Å². The van der Waals surface area contributed by atoms with Gasteiger partial charge in [0.25, 0.3) is 0 Å². The van der Waals surface area contributed by atoms with Gasteiger partial charge in [0.1, 0.15) is 0 Å². The van der Waals surface area contributed by atoms with Crippen molar-refractivity contribution in [3.8, 4) is 0 Å². The van der Waals surface area contributed by atoms with Gasteiger partial charge in [-0.2, -0.15) is 0 Å². The van der Waals surface area contributed by atoms with Crippen molar-refractivity contribution in [2.45, 2.75) is 33.1 Å². The summed E-state index contributed by atoms with van der Waals surface area (Å²) in [4.78, 5) is 22.6. The molecule has 0 spiro atoms. The van der Waals surface area contributed by atoms with Crippen molar-refractivity contribution in [2.75, 3.05) is 0 Å². The fraction of sp³-hybridized carbons (Fsp3) is 0.429. The fourth-order valence-corrected chi connectivity index (χ4v) is 1.80. The molecule has 0 aromatic rings. The van der Waals surface area contributed by atoms with Crippen molar-refractivity contribution in [1.82, 2.24) is 5.32 Å². The minimum absolute atomic E-state index is 0.189. The Hall–Kier alpha value is -1.64. The molecule has 0 aromatic heterocycles. The second-order valence-corrected chi connectivity index (χ2v) is 4.13. The van der Waals surface area contributed by atoms with Gasteiger partial charge >= 0.3 is 0 Å². The van der Waals surface area contributed by atoms with Crippen molar-refractivity contribution in [3.05, 3.63) is 36.0 Å². The second-order valence-electron chi connectivity index (χ2n) is 4.13. The summed E-state index contributed by atoms with van der Waals surface area (Å²) in [5.74, 6) is -0.681. The lowest BCUT2D eigenvalue weighted by atomic mass is 9.90. The molecule has 17 heavy (non-hydrogen) atoms. The Morgan fingerprint density at radius 3 is 2.71 bits per heavy atom. The molecule has 1 atom stereocenters. The summed E-state index contributed by atoms with van der Waals surface area (Å²) in [6.07, 6.45) is 7.80. The summed E-state index contributed by atoms with van der Waals surface area (Å²) in [7, 11) is 0. The normalized spacial score (nSPS) is 21.8. The number of piperidine rings is 1. The van der Waals surface area contributed by atoms with E-state index < -0.39 is 0 Å². The average Bonchev–Trinajstić information content (AvgIpc) is 2.30. The van der Waals surface area contributed by atoms with E-state index in [2.05, 4.69) is 18.8 Å². The molecule has 92 valence electrons. The second kappa shape index (κ2) is 6.18. The van der Waals surface area contributed by atoms with Gasteiger partial charge in [0.05, 0.1) is 5.92 Å². The number of amides is 2. The summed E-state index contributed by atoms with van der Waals surface area (Å²) in [6.45, 7) is 7.97. The molecule has 1 aliphatic rings. The van der Waals surface area contributed by atoms with Gasteiger partial charge in [0.15, 0.2) is 0 Å². The van der Waals surface area contributed by atoms with Crippen LogP contribution in [-0.2, 0) is 9.59 Å². The van der Waals surface area contributed by atoms with Gasteiger partial charge in [-0.05, 0) is 25.3 Å². The Balaban J connectivity index is 2.65. The van der Waals surface area contributed by atoms with Crippen molar-refractivity contribution in [2.24, 2.45) is 5.92 Å². The van der Waals surface area contributed by atoms with Crippen molar-refractivity contribution in [3.63, 3.8) is 0 Å². The highest BCUT2D eigenvalue weighted by atomic mass is 16.2. The number of carbonyl (C=O) groups excluding carboxylic acids is 2. The summed E-state index contributed by atoms with van der Waals surface area (Å²) in [5.41, 5.74) is 1.97. The van der Waals surface area contributed by atoms with Gasteiger partial charge < -0.3 is 0 Å². The minimum Gasteiger partial charge on any atom is -0.296 e. The first kappa shape index (κ1) is 13.4. The van der Waals surface area contributed by atoms with E-state index in [1.807, 2.05) is 25.2 Å². The molecule has 0 radical (unpaired) electrons. The first-order valence-electron chi connectivity index (χ1n) is 5.94. The molecule has 1 aliphatic heterocycles. The van der Waals surface area contributed by atoms with Crippen molar-refractivity contribution in [1.29, 1.82) is 0 Å². The van der Waals surface area contributed by atoms with Crippen LogP contribution >= 0.6 is 0 Å². The Labute approximate surface area is 102 Å². The molecule has 0 aliphatic carbocycles. The van der Waals surface area contributed by atoms with Gasteiger partial charge in [0.2, 0.25) is 11.8 Å². The topological polar surface area (TPSA) is 46.2 Å². The summed E-state index contributed by atoms with van der Waals surface area (Å²) < 4.78 is 0. The Morgan fingerprint density at radius 1 is 1.47 bits per heavy atom. The molecule has 2 amide bonds. The number of hydrogen-bond donors (Lipinski definition) is 1. The number of carbonyl (C=O) groups is 2. The van der Waals surface area contributed by atoms with Crippen LogP contribution in [0.2, 0.25) is 0 Å². The SMILES string of the molecule is C=C(/C=C\C(=C/C)CC)C1CCC(=O)NC1=O. The molecule has 3 heteroatoms. The largest absolute Gasteiger partial charge is 0.296 e. The Kier molecular flexibility index (Phi) is 4.88.